The van der Waals surface area contributed by atoms with Crippen LogP contribution in [0, 0.1) is 0 Å². The highest BCUT2D eigenvalue weighted by molar-refractivity contribution is 5.38. The Balaban J connectivity index is 2.12. The maximum atomic E-state index is 12.0. The Hall–Kier alpha value is -1.16. The van der Waals surface area contributed by atoms with Crippen LogP contribution >= 0.6 is 0 Å². The van der Waals surface area contributed by atoms with Crippen molar-refractivity contribution in [2.24, 2.45) is 5.73 Å². The van der Waals surface area contributed by atoms with E-state index in [4.69, 9.17) is 10.5 Å². The third kappa shape index (κ3) is 2.50. The second-order valence-electron chi connectivity index (χ2n) is 4.06. The molecule has 16 heavy (non-hydrogen) atoms. The molecule has 2 nitrogen and oxygen atoms in total. The molecule has 0 saturated carbocycles. The molecule has 1 unspecified atom stereocenters. The van der Waals surface area contributed by atoms with E-state index in [1.807, 2.05) is 12.1 Å². The summed E-state index contributed by atoms with van der Waals surface area (Å²) in [7, 11) is 0. The molecule has 0 fully saturated rings. The number of rotatable bonds is 3. The van der Waals surface area contributed by atoms with E-state index in [9.17, 15) is 8.78 Å². The average Bonchev–Trinajstić information content (AvgIpc) is 2.26. The molecule has 0 radical (unpaired) electrons. The first-order chi connectivity index (χ1) is 7.66. The molecule has 1 aromatic rings. The summed E-state index contributed by atoms with van der Waals surface area (Å²) in [4.78, 5) is 0. The zero-order chi connectivity index (χ0) is 11.5. The van der Waals surface area contributed by atoms with Crippen molar-refractivity contribution in [1.82, 2.24) is 0 Å². The molecule has 2 N–H and O–H groups in total. The highest BCUT2D eigenvalue weighted by atomic mass is 19.3. The van der Waals surface area contributed by atoms with E-state index in [-0.39, 0.29) is 6.04 Å². The second kappa shape index (κ2) is 4.78. The van der Waals surface area contributed by atoms with Crippen molar-refractivity contribution in [3.63, 3.8) is 0 Å². The van der Waals surface area contributed by atoms with E-state index in [0.29, 0.717) is 5.75 Å². The number of hydrogen-bond acceptors (Lipinski definition) is 2. The Morgan fingerprint density at radius 1 is 1.44 bits per heavy atom. The minimum absolute atomic E-state index is 0.0768. The summed E-state index contributed by atoms with van der Waals surface area (Å²) in [6, 6.07) is 5.51. The topological polar surface area (TPSA) is 35.2 Å². The van der Waals surface area contributed by atoms with Crippen LogP contribution < -0.4 is 10.5 Å². The van der Waals surface area contributed by atoms with Gasteiger partial charge in [-0.3, -0.25) is 0 Å². The molecule has 0 bridgehead atoms. The number of aryl methyl sites for hydroxylation is 1. The fraction of sp³-hybridized carbons (Fsp3) is 0.500. The number of ether oxygens (including phenoxy) is 1. The van der Waals surface area contributed by atoms with E-state index in [0.717, 1.165) is 30.4 Å². The molecular weight excluding hydrogens is 212 g/mol. The van der Waals surface area contributed by atoms with Gasteiger partial charge in [-0.1, -0.05) is 6.07 Å². The minimum Gasteiger partial charge on any atom is -0.488 e. The molecule has 1 aromatic carbocycles. The lowest BCUT2D eigenvalue weighted by molar-refractivity contribution is 0.0818. The third-order valence-corrected chi connectivity index (χ3v) is 2.85. The smallest absolute Gasteiger partial charge is 0.272 e. The first-order valence-corrected chi connectivity index (χ1v) is 5.46. The van der Waals surface area contributed by atoms with Gasteiger partial charge in [-0.25, -0.2) is 8.78 Å². The summed E-state index contributed by atoms with van der Waals surface area (Å²) in [6.45, 7) is -0.551. The number of fused-ring (bicyclic) bond motifs is 1. The first kappa shape index (κ1) is 11.3. The van der Waals surface area contributed by atoms with Gasteiger partial charge in [0.05, 0.1) is 0 Å². The van der Waals surface area contributed by atoms with Gasteiger partial charge in [-0.05, 0) is 42.5 Å². The van der Waals surface area contributed by atoms with Crippen LogP contribution in [0.15, 0.2) is 18.2 Å². The van der Waals surface area contributed by atoms with Crippen molar-refractivity contribution in [3.8, 4) is 5.75 Å². The fourth-order valence-electron chi connectivity index (χ4n) is 2.08. The van der Waals surface area contributed by atoms with Gasteiger partial charge in [-0.15, -0.1) is 0 Å². The Bertz CT molecular complexity index is 368. The van der Waals surface area contributed by atoms with Crippen molar-refractivity contribution in [3.05, 3.63) is 29.3 Å². The quantitative estimate of drug-likeness (QED) is 0.861. The highest BCUT2D eigenvalue weighted by Gasteiger charge is 2.17. The zero-order valence-corrected chi connectivity index (χ0v) is 8.96. The van der Waals surface area contributed by atoms with Crippen LogP contribution in [0.4, 0.5) is 8.78 Å². The SMILES string of the molecule is NC1CCCc2cc(OCC(F)F)ccc21. The van der Waals surface area contributed by atoms with Crippen molar-refractivity contribution in [1.29, 1.82) is 0 Å². The number of alkyl halides is 2. The molecular formula is C12H15F2NO. The molecule has 0 amide bonds. The zero-order valence-electron chi connectivity index (χ0n) is 8.96. The summed E-state index contributed by atoms with van der Waals surface area (Å²) < 4.78 is 28.9. The van der Waals surface area contributed by atoms with E-state index in [2.05, 4.69) is 0 Å². The maximum absolute atomic E-state index is 12.0. The molecule has 1 aliphatic rings. The summed E-state index contributed by atoms with van der Waals surface area (Å²) in [5, 5.41) is 0. The number of benzene rings is 1. The van der Waals surface area contributed by atoms with Crippen molar-refractivity contribution in [2.75, 3.05) is 6.61 Å². The number of hydrogen-bond donors (Lipinski definition) is 1. The van der Waals surface area contributed by atoms with E-state index >= 15 is 0 Å². The molecule has 88 valence electrons. The number of halogens is 2. The fourth-order valence-corrected chi connectivity index (χ4v) is 2.08. The van der Waals surface area contributed by atoms with Gasteiger partial charge >= 0.3 is 0 Å². The van der Waals surface area contributed by atoms with Crippen LogP contribution in [0.3, 0.4) is 0 Å². The predicted octanol–water partition coefficient (Wildman–Crippen LogP) is 2.67. The van der Waals surface area contributed by atoms with E-state index in [1.54, 1.807) is 6.07 Å². The standard InChI is InChI=1S/C12H15F2NO/c13-12(14)7-16-9-4-5-10-8(6-9)2-1-3-11(10)15/h4-6,11-12H,1-3,7,15H2. The summed E-state index contributed by atoms with van der Waals surface area (Å²) in [5.74, 6) is 0.508. The van der Waals surface area contributed by atoms with Crippen molar-refractivity contribution >= 4 is 0 Å². The lowest BCUT2D eigenvalue weighted by Gasteiger charge is -2.22. The van der Waals surface area contributed by atoms with Crippen LogP contribution in [0.2, 0.25) is 0 Å². The van der Waals surface area contributed by atoms with Gasteiger partial charge in [0.1, 0.15) is 12.4 Å². The van der Waals surface area contributed by atoms with E-state index in [1.165, 1.54) is 0 Å². The molecule has 4 heteroatoms. The minimum atomic E-state index is -2.43. The first-order valence-electron chi connectivity index (χ1n) is 5.46. The molecule has 0 heterocycles. The van der Waals surface area contributed by atoms with Crippen LogP contribution in [0.1, 0.15) is 30.0 Å². The summed E-state index contributed by atoms with van der Waals surface area (Å²) in [6.07, 6.45) is 0.560. The van der Waals surface area contributed by atoms with Gasteiger partial charge in [0.2, 0.25) is 0 Å². The lowest BCUT2D eigenvalue weighted by Crippen LogP contribution is -2.17. The van der Waals surface area contributed by atoms with Gasteiger partial charge in [0.15, 0.2) is 0 Å². The molecule has 0 spiro atoms. The molecule has 0 aliphatic heterocycles. The lowest BCUT2D eigenvalue weighted by atomic mass is 9.88. The van der Waals surface area contributed by atoms with Crippen LogP contribution in [0.5, 0.6) is 5.75 Å². The normalized spacial score (nSPS) is 19.6. The van der Waals surface area contributed by atoms with Crippen molar-refractivity contribution in [2.45, 2.75) is 31.7 Å². The maximum Gasteiger partial charge on any atom is 0.272 e. The van der Waals surface area contributed by atoms with Crippen LogP contribution in [0.25, 0.3) is 0 Å². The average molecular weight is 227 g/mol. The summed E-state index contributed by atoms with van der Waals surface area (Å²) in [5.41, 5.74) is 8.21. The third-order valence-electron chi connectivity index (χ3n) is 2.85. The monoisotopic (exact) mass is 227 g/mol. The number of nitrogens with two attached hydrogens (primary N) is 1. The predicted molar refractivity (Wildman–Crippen MR) is 57.8 cm³/mol. The largest absolute Gasteiger partial charge is 0.488 e. The van der Waals surface area contributed by atoms with Gasteiger partial charge in [0.25, 0.3) is 6.43 Å². The molecule has 1 atom stereocenters. The molecule has 0 aromatic heterocycles. The van der Waals surface area contributed by atoms with Crippen LogP contribution in [-0.4, -0.2) is 13.0 Å². The second-order valence-corrected chi connectivity index (χ2v) is 4.06. The summed E-state index contributed by atoms with van der Waals surface area (Å²) >= 11 is 0. The molecule has 2 rings (SSSR count). The Labute approximate surface area is 93.4 Å². The molecule has 1 aliphatic carbocycles. The van der Waals surface area contributed by atoms with Crippen molar-refractivity contribution < 1.29 is 13.5 Å². The Kier molecular flexibility index (Phi) is 3.39. The van der Waals surface area contributed by atoms with Gasteiger partial charge < -0.3 is 10.5 Å². The van der Waals surface area contributed by atoms with Gasteiger partial charge in [0, 0.05) is 6.04 Å². The molecule has 0 saturated heterocycles. The Morgan fingerprint density at radius 2 is 2.25 bits per heavy atom. The van der Waals surface area contributed by atoms with Gasteiger partial charge in [-0.2, -0.15) is 0 Å². The van der Waals surface area contributed by atoms with Crippen LogP contribution in [-0.2, 0) is 6.42 Å². The van der Waals surface area contributed by atoms with E-state index < -0.39 is 13.0 Å². The highest BCUT2D eigenvalue weighted by Crippen LogP contribution is 2.30. The Morgan fingerprint density at radius 3 is 3.00 bits per heavy atom.